The second-order valence-corrected chi connectivity index (χ2v) is 8.43. The fourth-order valence-corrected chi connectivity index (χ4v) is 3.43. The first-order valence-corrected chi connectivity index (χ1v) is 9.98. The number of hydrogen-bond acceptors (Lipinski definition) is 5. The lowest BCUT2D eigenvalue weighted by atomic mass is 10.2. The molecular formula is C13H21NO5S2. The first kappa shape index (κ1) is 18.1. The van der Waals surface area contributed by atoms with E-state index in [0.717, 1.165) is 13.0 Å². The Balaban J connectivity index is 2.64. The van der Waals surface area contributed by atoms with E-state index in [4.69, 9.17) is 4.55 Å². The van der Waals surface area contributed by atoms with Crippen LogP contribution in [-0.4, -0.2) is 46.0 Å². The second kappa shape index (κ2) is 7.88. The minimum atomic E-state index is -4.00. The Morgan fingerprint density at radius 2 is 1.62 bits per heavy atom. The van der Waals surface area contributed by atoms with E-state index in [0.29, 0.717) is 12.1 Å². The van der Waals surface area contributed by atoms with E-state index in [1.807, 2.05) is 6.92 Å². The average Bonchev–Trinajstić information content (AvgIpc) is 2.41. The first-order valence-electron chi connectivity index (χ1n) is 6.72. The predicted octanol–water partition coefficient (Wildman–Crippen LogP) is 0.890. The maximum Gasteiger partial charge on any atom is 0.265 e. The average molecular weight is 335 g/mol. The van der Waals surface area contributed by atoms with Gasteiger partial charge in [-0.1, -0.05) is 19.1 Å². The van der Waals surface area contributed by atoms with Gasteiger partial charge in [0.15, 0.2) is 9.84 Å². The summed E-state index contributed by atoms with van der Waals surface area (Å²) in [6, 6.07) is 6.07. The van der Waals surface area contributed by atoms with E-state index in [-0.39, 0.29) is 22.8 Å². The van der Waals surface area contributed by atoms with Crippen LogP contribution in [-0.2, 0) is 26.4 Å². The molecule has 0 amide bonds. The van der Waals surface area contributed by atoms with Crippen molar-refractivity contribution in [1.82, 2.24) is 5.32 Å². The van der Waals surface area contributed by atoms with Gasteiger partial charge in [-0.25, -0.2) is 8.42 Å². The SMILES string of the molecule is CCCNCCS(=O)(=O)c1ccc(CCS(=O)(=O)O)cc1. The van der Waals surface area contributed by atoms with Crippen molar-refractivity contribution in [2.75, 3.05) is 24.6 Å². The topological polar surface area (TPSA) is 101 Å². The van der Waals surface area contributed by atoms with Crippen LogP contribution in [0.15, 0.2) is 29.2 Å². The maximum atomic E-state index is 12.0. The van der Waals surface area contributed by atoms with Crippen molar-refractivity contribution in [3.63, 3.8) is 0 Å². The lowest BCUT2D eigenvalue weighted by molar-refractivity contribution is 0.482. The molecule has 120 valence electrons. The van der Waals surface area contributed by atoms with Gasteiger partial charge in [-0.05, 0) is 37.1 Å². The molecule has 0 aliphatic rings. The lowest BCUT2D eigenvalue weighted by Crippen LogP contribution is -2.23. The Morgan fingerprint density at radius 1 is 1.00 bits per heavy atom. The van der Waals surface area contributed by atoms with Gasteiger partial charge in [-0.3, -0.25) is 4.55 Å². The molecule has 0 heterocycles. The van der Waals surface area contributed by atoms with Crippen molar-refractivity contribution < 1.29 is 21.4 Å². The number of rotatable bonds is 9. The molecule has 1 aromatic carbocycles. The van der Waals surface area contributed by atoms with E-state index in [1.54, 1.807) is 12.1 Å². The standard InChI is InChI=1S/C13H21NO5S2/c1-2-8-14-9-11-20(15,16)13-5-3-12(4-6-13)7-10-21(17,18)19/h3-6,14H,2,7-11H2,1H3,(H,17,18,19). The fraction of sp³-hybridized carbons (Fsp3) is 0.538. The predicted molar refractivity (Wildman–Crippen MR) is 81.8 cm³/mol. The van der Waals surface area contributed by atoms with Crippen LogP contribution in [0.3, 0.4) is 0 Å². The van der Waals surface area contributed by atoms with Gasteiger partial charge in [0.2, 0.25) is 0 Å². The van der Waals surface area contributed by atoms with Crippen LogP contribution in [0.4, 0.5) is 0 Å². The molecule has 0 radical (unpaired) electrons. The summed E-state index contributed by atoms with van der Waals surface area (Å²) in [6.07, 6.45) is 1.10. The molecule has 8 heteroatoms. The van der Waals surface area contributed by atoms with Gasteiger partial charge in [0.1, 0.15) is 0 Å². The number of benzene rings is 1. The van der Waals surface area contributed by atoms with Gasteiger partial charge in [0.05, 0.1) is 16.4 Å². The summed E-state index contributed by atoms with van der Waals surface area (Å²) in [5, 5.41) is 3.04. The highest BCUT2D eigenvalue weighted by atomic mass is 32.2. The van der Waals surface area contributed by atoms with E-state index in [1.165, 1.54) is 12.1 Å². The summed E-state index contributed by atoms with van der Waals surface area (Å²) in [4.78, 5) is 0.219. The van der Waals surface area contributed by atoms with Crippen molar-refractivity contribution in [2.45, 2.75) is 24.7 Å². The van der Waals surface area contributed by atoms with E-state index < -0.39 is 20.0 Å². The highest BCUT2D eigenvalue weighted by Crippen LogP contribution is 2.13. The van der Waals surface area contributed by atoms with Crippen molar-refractivity contribution in [3.8, 4) is 0 Å². The highest BCUT2D eigenvalue weighted by molar-refractivity contribution is 7.91. The molecule has 2 N–H and O–H groups in total. The molecule has 0 aliphatic heterocycles. The van der Waals surface area contributed by atoms with Gasteiger partial charge in [-0.15, -0.1) is 0 Å². The van der Waals surface area contributed by atoms with Crippen LogP contribution in [0.2, 0.25) is 0 Å². The smallest absolute Gasteiger partial charge is 0.265 e. The zero-order valence-electron chi connectivity index (χ0n) is 11.9. The number of sulfone groups is 1. The van der Waals surface area contributed by atoms with Gasteiger partial charge >= 0.3 is 0 Å². The van der Waals surface area contributed by atoms with E-state index in [2.05, 4.69) is 5.32 Å². The molecule has 0 bridgehead atoms. The zero-order chi connectivity index (χ0) is 15.9. The minimum Gasteiger partial charge on any atom is -0.316 e. The van der Waals surface area contributed by atoms with Crippen molar-refractivity contribution in [2.24, 2.45) is 0 Å². The molecular weight excluding hydrogens is 314 g/mol. The van der Waals surface area contributed by atoms with E-state index in [9.17, 15) is 16.8 Å². The normalized spacial score (nSPS) is 12.5. The van der Waals surface area contributed by atoms with Crippen molar-refractivity contribution >= 4 is 20.0 Å². The van der Waals surface area contributed by atoms with Crippen LogP contribution in [0, 0.1) is 0 Å². The van der Waals surface area contributed by atoms with Gasteiger partial charge in [0, 0.05) is 6.54 Å². The van der Waals surface area contributed by atoms with Crippen LogP contribution in [0.1, 0.15) is 18.9 Å². The summed E-state index contributed by atoms with van der Waals surface area (Å²) >= 11 is 0. The Bertz CT molecular complexity index is 636. The monoisotopic (exact) mass is 335 g/mol. The van der Waals surface area contributed by atoms with Crippen LogP contribution < -0.4 is 5.32 Å². The molecule has 0 aromatic heterocycles. The molecule has 0 spiro atoms. The fourth-order valence-electron chi connectivity index (χ4n) is 1.74. The Labute approximate surface area is 126 Å². The molecule has 0 atom stereocenters. The summed E-state index contributed by atoms with van der Waals surface area (Å²) in [7, 11) is -7.34. The molecule has 21 heavy (non-hydrogen) atoms. The summed E-state index contributed by atoms with van der Waals surface area (Å²) in [6.45, 7) is 3.19. The summed E-state index contributed by atoms with van der Waals surface area (Å²) in [5.74, 6) is -0.350. The van der Waals surface area contributed by atoms with Gasteiger partial charge < -0.3 is 5.32 Å². The lowest BCUT2D eigenvalue weighted by Gasteiger charge is -2.06. The molecule has 0 fully saturated rings. The molecule has 0 saturated carbocycles. The van der Waals surface area contributed by atoms with Crippen molar-refractivity contribution in [3.05, 3.63) is 29.8 Å². The van der Waals surface area contributed by atoms with Gasteiger partial charge in [0.25, 0.3) is 10.1 Å². The Kier molecular flexibility index (Phi) is 6.79. The summed E-state index contributed by atoms with van der Waals surface area (Å²) < 4.78 is 54.1. The Hall–Kier alpha value is -0.960. The number of aryl methyl sites for hydroxylation is 1. The van der Waals surface area contributed by atoms with E-state index >= 15 is 0 Å². The van der Waals surface area contributed by atoms with Crippen LogP contribution in [0.5, 0.6) is 0 Å². The summed E-state index contributed by atoms with van der Waals surface area (Å²) in [5.41, 5.74) is 0.663. The number of hydrogen-bond donors (Lipinski definition) is 2. The second-order valence-electron chi connectivity index (χ2n) is 4.75. The highest BCUT2D eigenvalue weighted by Gasteiger charge is 2.14. The molecule has 0 aliphatic carbocycles. The van der Waals surface area contributed by atoms with Crippen LogP contribution in [0.25, 0.3) is 0 Å². The molecule has 0 unspecified atom stereocenters. The molecule has 1 rings (SSSR count). The Morgan fingerprint density at radius 3 is 2.14 bits per heavy atom. The minimum absolute atomic E-state index is 0.0252. The molecule has 1 aromatic rings. The number of nitrogens with one attached hydrogen (secondary N) is 1. The molecule has 0 saturated heterocycles. The van der Waals surface area contributed by atoms with Crippen molar-refractivity contribution in [1.29, 1.82) is 0 Å². The van der Waals surface area contributed by atoms with Gasteiger partial charge in [-0.2, -0.15) is 8.42 Å². The van der Waals surface area contributed by atoms with Crippen LogP contribution >= 0.6 is 0 Å². The molecule has 6 nitrogen and oxygen atoms in total. The third kappa shape index (κ3) is 7.03. The zero-order valence-corrected chi connectivity index (χ0v) is 13.6. The third-order valence-electron chi connectivity index (χ3n) is 2.91. The third-order valence-corrected chi connectivity index (χ3v) is 5.36. The largest absolute Gasteiger partial charge is 0.316 e. The quantitative estimate of drug-likeness (QED) is 0.513. The maximum absolute atomic E-state index is 12.0. The first-order chi connectivity index (χ1) is 9.74.